The maximum atomic E-state index is 12.8. The molecule has 4 rings (SSSR count). The van der Waals surface area contributed by atoms with Crippen LogP contribution in [0.15, 0.2) is 24.3 Å². The van der Waals surface area contributed by atoms with Crippen molar-refractivity contribution in [2.45, 2.75) is 56.8 Å². The summed E-state index contributed by atoms with van der Waals surface area (Å²) in [6.07, 6.45) is 3.17. The van der Waals surface area contributed by atoms with E-state index in [1.165, 1.54) is 10.8 Å². The molecule has 6 heteroatoms. The lowest BCUT2D eigenvalue weighted by Gasteiger charge is -2.45. The summed E-state index contributed by atoms with van der Waals surface area (Å²) >= 11 is 0. The van der Waals surface area contributed by atoms with Gasteiger partial charge in [-0.05, 0) is 37.2 Å². The average Bonchev–Trinajstić information content (AvgIpc) is 3.02. The fourth-order valence-electron chi connectivity index (χ4n) is 4.72. The average molecular weight is 387 g/mol. The van der Waals surface area contributed by atoms with Gasteiger partial charge in [-0.15, -0.1) is 0 Å². The molecule has 1 aromatic carbocycles. The van der Waals surface area contributed by atoms with Crippen LogP contribution in [0.5, 0.6) is 0 Å². The van der Waals surface area contributed by atoms with Crippen molar-refractivity contribution in [1.82, 2.24) is 10.2 Å². The molecular weight excluding hydrogens is 356 g/mol. The molecule has 3 fully saturated rings. The highest BCUT2D eigenvalue weighted by atomic mass is 28.3. The summed E-state index contributed by atoms with van der Waals surface area (Å²) in [4.78, 5) is 26.1. The van der Waals surface area contributed by atoms with Crippen molar-refractivity contribution in [1.29, 1.82) is 0 Å². The van der Waals surface area contributed by atoms with Gasteiger partial charge in [0.15, 0.2) is 0 Å². The van der Waals surface area contributed by atoms with Crippen LogP contribution in [0, 0.1) is 5.92 Å². The highest BCUT2D eigenvalue weighted by molar-refractivity contribution is 6.88. The summed E-state index contributed by atoms with van der Waals surface area (Å²) in [5.74, 6) is 0.857. The van der Waals surface area contributed by atoms with Crippen LogP contribution in [0.4, 0.5) is 4.79 Å². The number of benzene rings is 1. The van der Waals surface area contributed by atoms with Crippen LogP contribution in [0.3, 0.4) is 0 Å². The zero-order valence-corrected chi connectivity index (χ0v) is 17.6. The predicted molar refractivity (Wildman–Crippen MR) is 108 cm³/mol. The first-order chi connectivity index (χ1) is 12.8. The normalized spacial score (nSPS) is 28.6. The van der Waals surface area contributed by atoms with Crippen LogP contribution in [0.2, 0.25) is 19.6 Å². The summed E-state index contributed by atoms with van der Waals surface area (Å²) in [5, 5.41) is 4.38. The summed E-state index contributed by atoms with van der Waals surface area (Å²) in [7, 11) is -1.30. The fourth-order valence-corrected chi connectivity index (χ4v) is 5.92. The number of rotatable bonds is 3. The van der Waals surface area contributed by atoms with E-state index in [4.69, 9.17) is 4.74 Å². The molecular formula is C21H30N2O3Si. The fraction of sp³-hybridized carbons (Fsp3) is 0.619. The maximum Gasteiger partial charge on any atom is 0.407 e. The Morgan fingerprint density at radius 2 is 1.93 bits per heavy atom. The number of likely N-dealkylation sites (tertiary alicyclic amines) is 1. The highest BCUT2D eigenvalue weighted by Crippen LogP contribution is 2.42. The number of hydrogen-bond donors (Lipinski definition) is 1. The smallest absolute Gasteiger partial charge is 0.407 e. The van der Waals surface area contributed by atoms with Gasteiger partial charge in [-0.1, -0.05) is 49.1 Å². The Bertz CT molecular complexity index is 744. The van der Waals surface area contributed by atoms with E-state index in [1.54, 1.807) is 0 Å². The number of carbonyl (C=O) groups excluding carboxylic acids is 2. The van der Waals surface area contributed by atoms with Gasteiger partial charge >= 0.3 is 6.09 Å². The van der Waals surface area contributed by atoms with Crippen LogP contribution in [0.1, 0.15) is 37.2 Å². The van der Waals surface area contributed by atoms with Crippen molar-refractivity contribution in [2.24, 2.45) is 5.92 Å². The molecule has 2 aliphatic heterocycles. The standard InChI is InChI=1S/C21H30N2O3Si/c1-27(2,3)18-6-4-5-16(11-18)15-7-9-23(10-8-15)19(24)17-12-21(13-17)14-26-20(25)22-21/h4-6,11,15,17H,7-10,12-14H2,1-3H3,(H,22,25)/t17-,21+. The number of ether oxygens (including phenoxy) is 1. The third-order valence-corrected chi connectivity index (χ3v) is 8.54. The molecule has 2 heterocycles. The van der Waals surface area contributed by atoms with Gasteiger partial charge in [0.25, 0.3) is 0 Å². The van der Waals surface area contributed by atoms with Gasteiger partial charge in [0.2, 0.25) is 5.91 Å². The molecule has 2 saturated heterocycles. The molecule has 0 aromatic heterocycles. The van der Waals surface area contributed by atoms with Crippen molar-refractivity contribution in [3.63, 3.8) is 0 Å². The molecule has 1 aliphatic carbocycles. The van der Waals surface area contributed by atoms with Crippen LogP contribution >= 0.6 is 0 Å². The molecule has 1 N–H and O–H groups in total. The second kappa shape index (κ2) is 6.65. The van der Waals surface area contributed by atoms with Gasteiger partial charge in [-0.25, -0.2) is 4.79 Å². The lowest BCUT2D eigenvalue weighted by molar-refractivity contribution is -0.142. The van der Waals surface area contributed by atoms with E-state index in [1.807, 2.05) is 4.90 Å². The summed E-state index contributed by atoms with van der Waals surface area (Å²) in [6, 6.07) is 9.13. The molecule has 146 valence electrons. The van der Waals surface area contributed by atoms with Gasteiger partial charge in [0, 0.05) is 19.0 Å². The number of hydrogen-bond acceptors (Lipinski definition) is 3. The first-order valence-corrected chi connectivity index (χ1v) is 13.6. The van der Waals surface area contributed by atoms with Crippen LogP contribution in [0.25, 0.3) is 0 Å². The summed E-state index contributed by atoms with van der Waals surface area (Å²) in [6.45, 7) is 9.24. The highest BCUT2D eigenvalue weighted by Gasteiger charge is 2.53. The molecule has 0 radical (unpaired) electrons. The van der Waals surface area contributed by atoms with Crippen molar-refractivity contribution >= 4 is 25.3 Å². The van der Waals surface area contributed by atoms with Crippen molar-refractivity contribution in [3.05, 3.63) is 29.8 Å². The number of nitrogens with one attached hydrogen (secondary N) is 1. The van der Waals surface area contributed by atoms with Crippen molar-refractivity contribution in [2.75, 3.05) is 19.7 Å². The molecule has 0 atom stereocenters. The van der Waals surface area contributed by atoms with Gasteiger partial charge in [0.05, 0.1) is 13.6 Å². The van der Waals surface area contributed by atoms with E-state index in [0.717, 1.165) is 38.8 Å². The molecule has 1 spiro atoms. The zero-order chi connectivity index (χ0) is 19.2. The van der Waals surface area contributed by atoms with Gasteiger partial charge < -0.3 is 15.0 Å². The SMILES string of the molecule is C[Si](C)(C)c1cccc(C2CCN(C(=O)[C@H]3C[C@]4(COC(=O)N4)C3)CC2)c1. The summed E-state index contributed by atoms with van der Waals surface area (Å²) in [5.41, 5.74) is 1.17. The zero-order valence-electron chi connectivity index (χ0n) is 16.6. The Morgan fingerprint density at radius 1 is 1.22 bits per heavy atom. The van der Waals surface area contributed by atoms with E-state index in [0.29, 0.717) is 12.5 Å². The third kappa shape index (κ3) is 3.64. The lowest BCUT2D eigenvalue weighted by Crippen LogP contribution is -2.58. The third-order valence-electron chi connectivity index (χ3n) is 6.50. The van der Waals surface area contributed by atoms with E-state index in [9.17, 15) is 9.59 Å². The minimum atomic E-state index is -1.30. The van der Waals surface area contributed by atoms with E-state index in [-0.39, 0.29) is 23.5 Å². The Kier molecular flexibility index (Phi) is 4.57. The topological polar surface area (TPSA) is 58.6 Å². The lowest BCUT2D eigenvalue weighted by atomic mass is 9.68. The second-order valence-corrected chi connectivity index (χ2v) is 14.6. The minimum absolute atomic E-state index is 0.0405. The van der Waals surface area contributed by atoms with E-state index in [2.05, 4.69) is 49.2 Å². The van der Waals surface area contributed by atoms with E-state index >= 15 is 0 Å². The molecule has 5 nitrogen and oxygen atoms in total. The maximum absolute atomic E-state index is 12.8. The van der Waals surface area contributed by atoms with Crippen LogP contribution < -0.4 is 10.5 Å². The number of cyclic esters (lactones) is 1. The van der Waals surface area contributed by atoms with E-state index < -0.39 is 8.07 Å². The first kappa shape index (κ1) is 18.5. The number of amides is 2. The van der Waals surface area contributed by atoms with Gasteiger partial charge in [0.1, 0.15) is 6.61 Å². The minimum Gasteiger partial charge on any atom is -0.447 e. The summed E-state index contributed by atoms with van der Waals surface area (Å²) < 4.78 is 5.01. The molecule has 1 aromatic rings. The Balaban J connectivity index is 1.32. The Morgan fingerprint density at radius 3 is 2.52 bits per heavy atom. The van der Waals surface area contributed by atoms with Crippen molar-refractivity contribution < 1.29 is 14.3 Å². The van der Waals surface area contributed by atoms with Crippen LogP contribution in [-0.2, 0) is 9.53 Å². The quantitative estimate of drug-likeness (QED) is 0.813. The van der Waals surface area contributed by atoms with Gasteiger partial charge in [-0.3, -0.25) is 4.79 Å². The van der Waals surface area contributed by atoms with Crippen molar-refractivity contribution in [3.8, 4) is 0 Å². The Labute approximate surface area is 162 Å². The Hall–Kier alpha value is -1.82. The number of alkyl carbamates (subject to hydrolysis) is 1. The molecule has 27 heavy (non-hydrogen) atoms. The largest absolute Gasteiger partial charge is 0.447 e. The number of carbonyl (C=O) groups is 2. The van der Waals surface area contributed by atoms with Gasteiger partial charge in [-0.2, -0.15) is 0 Å². The second-order valence-electron chi connectivity index (χ2n) is 9.56. The monoisotopic (exact) mass is 386 g/mol. The molecule has 2 amide bonds. The molecule has 0 unspecified atom stereocenters. The molecule has 1 saturated carbocycles. The molecule has 0 bridgehead atoms. The van der Waals surface area contributed by atoms with Crippen LogP contribution in [-0.4, -0.2) is 50.2 Å². The number of piperidine rings is 1. The molecule has 3 aliphatic rings. The number of nitrogens with zero attached hydrogens (tertiary/aromatic N) is 1. The predicted octanol–water partition coefficient (Wildman–Crippen LogP) is 2.83. The first-order valence-electron chi connectivity index (χ1n) is 10.1.